The second kappa shape index (κ2) is 6.01. The van der Waals surface area contributed by atoms with E-state index < -0.39 is 0 Å². The van der Waals surface area contributed by atoms with Crippen LogP contribution in [0.25, 0.3) is 0 Å². The van der Waals surface area contributed by atoms with Crippen LogP contribution in [0.4, 0.5) is 0 Å². The summed E-state index contributed by atoms with van der Waals surface area (Å²) in [5.74, 6) is 0. The van der Waals surface area contributed by atoms with E-state index in [4.69, 9.17) is 4.74 Å². The first-order chi connectivity index (χ1) is 9.74. The van der Waals surface area contributed by atoms with Crippen LogP contribution < -0.4 is 5.32 Å². The number of piperidine rings is 1. The second-order valence-electron chi connectivity index (χ2n) is 6.70. The maximum Gasteiger partial charge on any atom is 0.108 e. The van der Waals surface area contributed by atoms with Gasteiger partial charge in [0.2, 0.25) is 0 Å². The van der Waals surface area contributed by atoms with E-state index in [1.54, 1.807) is 0 Å². The summed E-state index contributed by atoms with van der Waals surface area (Å²) >= 11 is 0. The third-order valence-electron chi connectivity index (χ3n) is 5.16. The Morgan fingerprint density at radius 2 is 2.00 bits per heavy atom. The Kier molecular flexibility index (Phi) is 4.30. The predicted octanol–water partition coefficient (Wildman–Crippen LogP) is 2.05. The first-order valence-electron chi connectivity index (χ1n) is 8.29. The highest BCUT2D eigenvalue weighted by molar-refractivity contribution is 5.15. The zero-order valence-corrected chi connectivity index (χ0v) is 12.6. The summed E-state index contributed by atoms with van der Waals surface area (Å²) in [6, 6.07) is 3.81. The number of nitriles is 1. The molecule has 2 unspecified atom stereocenters. The predicted molar refractivity (Wildman–Crippen MR) is 78.4 cm³/mol. The average Bonchev–Trinajstić information content (AvgIpc) is 3.18. The highest BCUT2D eigenvalue weighted by Crippen LogP contribution is 2.36. The summed E-state index contributed by atoms with van der Waals surface area (Å²) in [6.07, 6.45) is 8.49. The van der Waals surface area contributed by atoms with E-state index in [1.807, 2.05) is 0 Å². The lowest BCUT2D eigenvalue weighted by Gasteiger charge is -2.36. The molecule has 1 saturated heterocycles. The van der Waals surface area contributed by atoms with Gasteiger partial charge in [-0.3, -0.25) is 5.32 Å². The van der Waals surface area contributed by atoms with Gasteiger partial charge < -0.3 is 9.64 Å². The Morgan fingerprint density at radius 1 is 1.25 bits per heavy atom. The maximum atomic E-state index is 9.57. The van der Waals surface area contributed by atoms with Gasteiger partial charge in [-0.1, -0.05) is 0 Å². The smallest absolute Gasteiger partial charge is 0.108 e. The van der Waals surface area contributed by atoms with Gasteiger partial charge in [0.15, 0.2) is 0 Å². The third kappa shape index (κ3) is 3.16. The number of hydrogen-bond acceptors (Lipinski definition) is 4. The fourth-order valence-corrected chi connectivity index (χ4v) is 3.86. The zero-order chi connectivity index (χ0) is 14.0. The minimum atomic E-state index is -0.234. The molecule has 0 radical (unpaired) electrons. The Labute approximate surface area is 122 Å². The van der Waals surface area contributed by atoms with E-state index in [-0.39, 0.29) is 5.54 Å². The van der Waals surface area contributed by atoms with Crippen LogP contribution in [0.15, 0.2) is 0 Å². The van der Waals surface area contributed by atoms with Gasteiger partial charge in [0.25, 0.3) is 0 Å². The number of hydrogen-bond donors (Lipinski definition) is 1. The molecule has 0 spiro atoms. The van der Waals surface area contributed by atoms with Crippen LogP contribution in [-0.4, -0.2) is 48.3 Å². The number of likely N-dealkylation sites (tertiary alicyclic amines) is 1. The number of ether oxygens (including phenoxy) is 1. The van der Waals surface area contributed by atoms with E-state index in [1.165, 1.54) is 19.3 Å². The fraction of sp³-hybridized carbons (Fsp3) is 0.938. The molecule has 1 heterocycles. The van der Waals surface area contributed by atoms with Crippen molar-refractivity contribution in [2.24, 2.45) is 0 Å². The Bertz CT molecular complexity index is 368. The highest BCUT2D eigenvalue weighted by atomic mass is 16.5. The van der Waals surface area contributed by atoms with Crippen LogP contribution in [0.5, 0.6) is 0 Å². The molecule has 3 aliphatic rings. The summed E-state index contributed by atoms with van der Waals surface area (Å²) < 4.78 is 5.73. The lowest BCUT2D eigenvalue weighted by atomic mass is 9.98. The van der Waals surface area contributed by atoms with E-state index in [9.17, 15) is 5.26 Å². The molecule has 2 aliphatic carbocycles. The number of nitrogens with one attached hydrogen (secondary N) is 1. The lowest BCUT2D eigenvalue weighted by molar-refractivity contribution is 0.00415. The van der Waals surface area contributed by atoms with Crippen molar-refractivity contribution >= 4 is 0 Å². The van der Waals surface area contributed by atoms with Gasteiger partial charge in [-0.05, 0) is 51.9 Å². The molecule has 20 heavy (non-hydrogen) atoms. The van der Waals surface area contributed by atoms with Crippen molar-refractivity contribution in [1.82, 2.24) is 10.2 Å². The SMILES string of the molecule is CCOC1CCN(C2CCC(C#N)(NC3CC3)C2)CC1. The average molecular weight is 277 g/mol. The van der Waals surface area contributed by atoms with Gasteiger partial charge in [0.05, 0.1) is 12.2 Å². The molecule has 1 N–H and O–H groups in total. The Morgan fingerprint density at radius 3 is 2.60 bits per heavy atom. The van der Waals surface area contributed by atoms with E-state index >= 15 is 0 Å². The number of nitrogens with zero attached hydrogens (tertiary/aromatic N) is 2. The molecule has 0 aromatic heterocycles. The summed E-state index contributed by atoms with van der Waals surface area (Å²) in [4.78, 5) is 2.60. The van der Waals surface area contributed by atoms with Crippen LogP contribution in [-0.2, 0) is 4.74 Å². The van der Waals surface area contributed by atoms with E-state index in [0.717, 1.165) is 45.4 Å². The van der Waals surface area contributed by atoms with Crippen LogP contribution >= 0.6 is 0 Å². The summed E-state index contributed by atoms with van der Waals surface area (Å²) in [6.45, 7) is 5.19. The van der Waals surface area contributed by atoms with Crippen molar-refractivity contribution < 1.29 is 4.74 Å². The van der Waals surface area contributed by atoms with Crippen molar-refractivity contribution in [2.75, 3.05) is 19.7 Å². The van der Waals surface area contributed by atoms with Crippen LogP contribution in [0.1, 0.15) is 51.9 Å². The number of rotatable bonds is 5. The van der Waals surface area contributed by atoms with Crippen molar-refractivity contribution in [3.05, 3.63) is 0 Å². The molecule has 112 valence electrons. The molecule has 3 fully saturated rings. The molecular weight excluding hydrogens is 250 g/mol. The second-order valence-corrected chi connectivity index (χ2v) is 6.70. The first kappa shape index (κ1) is 14.3. The molecule has 2 atom stereocenters. The standard InChI is InChI=1S/C16H27N3O/c1-2-20-15-6-9-19(10-7-15)14-5-8-16(11-14,12-17)18-13-3-4-13/h13-15,18H,2-11H2,1H3. The fourth-order valence-electron chi connectivity index (χ4n) is 3.86. The van der Waals surface area contributed by atoms with Crippen LogP contribution in [0.3, 0.4) is 0 Å². The van der Waals surface area contributed by atoms with Crippen molar-refractivity contribution in [2.45, 2.75) is 75.6 Å². The lowest BCUT2D eigenvalue weighted by Crippen LogP contribution is -2.47. The minimum Gasteiger partial charge on any atom is -0.378 e. The van der Waals surface area contributed by atoms with Gasteiger partial charge in [-0.15, -0.1) is 0 Å². The zero-order valence-electron chi connectivity index (χ0n) is 12.6. The molecular formula is C16H27N3O. The summed E-state index contributed by atoms with van der Waals surface area (Å²) in [5.41, 5.74) is -0.234. The van der Waals surface area contributed by atoms with Crippen molar-refractivity contribution in [1.29, 1.82) is 5.26 Å². The highest BCUT2D eigenvalue weighted by Gasteiger charge is 2.44. The van der Waals surface area contributed by atoms with E-state index in [2.05, 4.69) is 23.2 Å². The van der Waals surface area contributed by atoms with Gasteiger partial charge in [-0.25, -0.2) is 0 Å². The van der Waals surface area contributed by atoms with E-state index in [0.29, 0.717) is 18.2 Å². The molecule has 0 aromatic rings. The van der Waals surface area contributed by atoms with Gasteiger partial charge in [0.1, 0.15) is 5.54 Å². The molecule has 0 bridgehead atoms. The molecule has 4 heteroatoms. The van der Waals surface area contributed by atoms with Gasteiger partial charge in [0, 0.05) is 31.8 Å². The maximum absolute atomic E-state index is 9.57. The largest absolute Gasteiger partial charge is 0.378 e. The normalized spacial score (nSPS) is 36.1. The molecule has 3 rings (SSSR count). The summed E-state index contributed by atoms with van der Waals surface area (Å²) in [5, 5.41) is 13.2. The molecule has 1 aliphatic heterocycles. The monoisotopic (exact) mass is 277 g/mol. The molecule has 4 nitrogen and oxygen atoms in total. The topological polar surface area (TPSA) is 48.3 Å². The quantitative estimate of drug-likeness (QED) is 0.835. The molecule has 0 aromatic carbocycles. The molecule has 2 saturated carbocycles. The Balaban J connectivity index is 1.51. The van der Waals surface area contributed by atoms with Crippen LogP contribution in [0.2, 0.25) is 0 Å². The summed E-state index contributed by atoms with van der Waals surface area (Å²) in [7, 11) is 0. The Hall–Kier alpha value is -0.630. The van der Waals surface area contributed by atoms with Crippen molar-refractivity contribution in [3.63, 3.8) is 0 Å². The van der Waals surface area contributed by atoms with Gasteiger partial charge in [-0.2, -0.15) is 5.26 Å². The first-order valence-corrected chi connectivity index (χ1v) is 8.29. The third-order valence-corrected chi connectivity index (χ3v) is 5.16. The van der Waals surface area contributed by atoms with Gasteiger partial charge >= 0.3 is 0 Å². The van der Waals surface area contributed by atoms with Crippen LogP contribution in [0, 0.1) is 11.3 Å². The minimum absolute atomic E-state index is 0.234. The van der Waals surface area contributed by atoms with Crippen molar-refractivity contribution in [3.8, 4) is 6.07 Å². The molecule has 0 amide bonds.